The highest BCUT2D eigenvalue weighted by molar-refractivity contribution is 7.83. The number of aromatic hydroxyl groups is 1. The van der Waals surface area contributed by atoms with Crippen LogP contribution in [0.4, 0.5) is 0 Å². The summed E-state index contributed by atoms with van der Waals surface area (Å²) >= 11 is 1.24. The number of rotatable bonds is 11. The van der Waals surface area contributed by atoms with Crippen molar-refractivity contribution in [1.82, 2.24) is 35.5 Å². The van der Waals surface area contributed by atoms with Crippen molar-refractivity contribution in [1.29, 1.82) is 0 Å². The Morgan fingerprint density at radius 3 is 2.42 bits per heavy atom. The van der Waals surface area contributed by atoms with E-state index in [2.05, 4.69) is 16.0 Å². The summed E-state index contributed by atoms with van der Waals surface area (Å²) < 4.78 is 45.0. The first-order chi connectivity index (χ1) is 30.3. The molecule has 5 amide bonds. The minimum atomic E-state index is -4.86. The molecule has 4 heterocycles. The number of hydrogen-bond acceptors (Lipinski definition) is 14. The number of ether oxygens (including phenoxy) is 2. The van der Waals surface area contributed by atoms with E-state index >= 15 is 0 Å². The molecule has 0 radical (unpaired) electrons. The molecule has 3 aliphatic heterocycles. The summed E-state index contributed by atoms with van der Waals surface area (Å²) in [5.41, 5.74) is 1.92. The standard InChI is InChI=1S/C42H55N7O13S2/c1-6-24(3)34-35(51)38(54)44-29(19-26-11-13-28(50)14-12-26)39-43-27(22-63-39)18-23(2)17-25(4)42(57)62-21-30(40(55)48-15-8-10-33(48)37(53)46-34)45-36(52)32-9-7-16-49(32)41(56)31(20-61-5)47-64(58,59)60/h11-14,17-18,22,24,29-34,47,50H,6-10,15-16,19-21H2,1-5H3,(H,44,54)(H,45,52)(H,46,53)(H,58,59,60)/b23-18-,25-17-/t24-,29+,30+,31-,32+,33+,34+/m1/s1. The lowest BCUT2D eigenvalue weighted by Crippen LogP contribution is -2.60. The number of amides is 5. The number of likely N-dealkylation sites (tertiary alicyclic amines) is 1. The molecular weight excluding hydrogens is 875 g/mol. The van der Waals surface area contributed by atoms with Gasteiger partial charge in [-0.3, -0.25) is 33.3 Å². The molecule has 348 valence electrons. The van der Waals surface area contributed by atoms with Crippen LogP contribution in [0.15, 0.2) is 46.9 Å². The van der Waals surface area contributed by atoms with Gasteiger partial charge in [0.1, 0.15) is 41.5 Å². The summed E-state index contributed by atoms with van der Waals surface area (Å²) in [4.78, 5) is 104. The number of ketones is 1. The second-order valence-electron chi connectivity index (χ2n) is 16.1. The molecule has 2 bridgehead atoms. The second-order valence-corrected chi connectivity index (χ2v) is 18.2. The van der Waals surface area contributed by atoms with Crippen molar-refractivity contribution >= 4 is 69.0 Å². The molecule has 0 aliphatic carbocycles. The smallest absolute Gasteiger partial charge is 0.334 e. The average molecular weight is 930 g/mol. The maximum atomic E-state index is 14.5. The van der Waals surface area contributed by atoms with E-state index in [0.717, 1.165) is 10.5 Å². The summed E-state index contributed by atoms with van der Waals surface area (Å²) in [6.07, 6.45) is 4.76. The molecule has 2 saturated heterocycles. The van der Waals surface area contributed by atoms with Gasteiger partial charge in [-0.15, -0.1) is 11.3 Å². The molecule has 3 aliphatic rings. The van der Waals surface area contributed by atoms with Crippen LogP contribution >= 0.6 is 11.3 Å². The Balaban J connectivity index is 1.48. The first-order valence-electron chi connectivity index (χ1n) is 20.9. The number of cyclic esters (lactones) is 1. The minimum Gasteiger partial charge on any atom is -0.508 e. The van der Waals surface area contributed by atoms with Crippen molar-refractivity contribution in [2.24, 2.45) is 5.92 Å². The SMILES string of the molecule is CC[C@@H](C)[C@@H]1NC(=O)[C@@H]2CCCN2C(=O)[C@@H](NC(=O)[C@@H]2CCCN2C(=O)[C@@H](COC)NS(=O)(=O)O)COC(=O)/C(C)=C\C(C)=C/c2csc(n2)[C@H](Cc2ccc(O)cc2)NC(=O)C1=O. The third-order valence-corrected chi connectivity index (χ3v) is 12.8. The van der Waals surface area contributed by atoms with Gasteiger partial charge in [-0.1, -0.05) is 32.4 Å². The summed E-state index contributed by atoms with van der Waals surface area (Å²) in [5.74, 6) is -6.43. The fourth-order valence-corrected chi connectivity index (χ4v) is 9.17. The Morgan fingerprint density at radius 1 is 1.05 bits per heavy atom. The zero-order chi connectivity index (χ0) is 46.9. The van der Waals surface area contributed by atoms with Gasteiger partial charge in [-0.2, -0.15) is 13.1 Å². The van der Waals surface area contributed by atoms with Crippen LogP contribution in [0, 0.1) is 5.92 Å². The second kappa shape index (κ2) is 21.9. The Hall–Kier alpha value is -5.55. The Labute approximate surface area is 375 Å². The highest BCUT2D eigenvalue weighted by Crippen LogP contribution is 2.27. The van der Waals surface area contributed by atoms with Gasteiger partial charge in [0.05, 0.1) is 24.4 Å². The van der Waals surface area contributed by atoms with E-state index in [1.54, 1.807) is 49.1 Å². The third-order valence-electron chi connectivity index (χ3n) is 11.3. The molecule has 1 aromatic carbocycles. The maximum Gasteiger partial charge on any atom is 0.334 e. The average Bonchev–Trinajstić information content (AvgIpc) is 4.05. The Bertz CT molecular complexity index is 2260. The number of thiazole rings is 1. The number of methoxy groups -OCH3 is 1. The van der Waals surface area contributed by atoms with Crippen LogP contribution in [0.3, 0.4) is 0 Å². The normalized spacial score (nSPS) is 25.7. The molecule has 20 nitrogen and oxygen atoms in total. The molecule has 0 spiro atoms. The lowest BCUT2D eigenvalue weighted by atomic mass is 9.94. The van der Waals surface area contributed by atoms with Crippen LogP contribution in [-0.4, -0.2) is 138 Å². The topological polar surface area (TPSA) is 280 Å². The lowest BCUT2D eigenvalue weighted by molar-refractivity contribution is -0.149. The number of benzene rings is 1. The molecule has 22 heteroatoms. The van der Waals surface area contributed by atoms with Gasteiger partial charge in [0.25, 0.3) is 5.91 Å². The minimum absolute atomic E-state index is 0.0263. The van der Waals surface area contributed by atoms with Gasteiger partial charge in [0.2, 0.25) is 29.4 Å². The van der Waals surface area contributed by atoms with Gasteiger partial charge < -0.3 is 40.3 Å². The number of phenols is 1. The van der Waals surface area contributed by atoms with Crippen LogP contribution in [0.25, 0.3) is 6.08 Å². The fraction of sp³-hybridized carbons (Fsp3) is 0.524. The van der Waals surface area contributed by atoms with Gasteiger partial charge >= 0.3 is 16.3 Å². The summed E-state index contributed by atoms with van der Waals surface area (Å²) in [6, 6.07) is -1.27. The number of carbonyl (C=O) groups is 7. The van der Waals surface area contributed by atoms with Gasteiger partial charge in [0, 0.05) is 31.2 Å². The molecule has 0 saturated carbocycles. The van der Waals surface area contributed by atoms with E-state index in [1.807, 2.05) is 0 Å². The Kier molecular flexibility index (Phi) is 16.9. The summed E-state index contributed by atoms with van der Waals surface area (Å²) in [5, 5.41) is 20.2. The number of carbonyl (C=O) groups excluding carboxylic acids is 7. The number of nitrogens with one attached hydrogen (secondary N) is 4. The zero-order valence-corrected chi connectivity index (χ0v) is 37.8. The summed E-state index contributed by atoms with van der Waals surface area (Å²) in [7, 11) is -3.64. The number of Topliss-reactive ketones (excluding diaryl/α,β-unsaturated/α-hetero) is 1. The van der Waals surface area contributed by atoms with E-state index in [0.29, 0.717) is 35.5 Å². The van der Waals surface area contributed by atoms with Crippen LogP contribution in [0.2, 0.25) is 0 Å². The van der Waals surface area contributed by atoms with E-state index in [9.17, 15) is 51.6 Å². The van der Waals surface area contributed by atoms with E-state index in [1.165, 1.54) is 48.5 Å². The number of esters is 1. The van der Waals surface area contributed by atoms with Crippen molar-refractivity contribution in [3.63, 3.8) is 0 Å². The molecule has 6 N–H and O–H groups in total. The molecule has 2 aromatic rings. The first kappa shape index (κ1) is 49.5. The molecule has 2 fully saturated rings. The number of phenolic OH excluding ortho intramolecular Hbond substituents is 1. The molecule has 0 unspecified atom stereocenters. The lowest BCUT2D eigenvalue weighted by Gasteiger charge is -2.32. The predicted octanol–water partition coefficient (Wildman–Crippen LogP) is 1.13. The van der Waals surface area contributed by atoms with Gasteiger partial charge in [0.15, 0.2) is 0 Å². The summed E-state index contributed by atoms with van der Waals surface area (Å²) in [6.45, 7) is 5.62. The van der Waals surface area contributed by atoms with Crippen LogP contribution in [0.1, 0.15) is 82.1 Å². The molecule has 5 rings (SSSR count). The predicted molar refractivity (Wildman–Crippen MR) is 231 cm³/mol. The van der Waals surface area contributed by atoms with E-state index in [-0.39, 0.29) is 43.7 Å². The molecule has 64 heavy (non-hydrogen) atoms. The fourth-order valence-electron chi connectivity index (χ4n) is 7.82. The number of fused-ring (bicyclic) bond motifs is 3. The van der Waals surface area contributed by atoms with Crippen molar-refractivity contribution in [3.8, 4) is 5.75 Å². The quantitative estimate of drug-likeness (QED) is 0.105. The van der Waals surface area contributed by atoms with Crippen molar-refractivity contribution in [2.75, 3.05) is 33.4 Å². The highest BCUT2D eigenvalue weighted by atomic mass is 32.2. The van der Waals surface area contributed by atoms with Crippen molar-refractivity contribution in [2.45, 2.75) is 102 Å². The number of hydrogen-bond donors (Lipinski definition) is 6. The number of allylic oxidation sites excluding steroid dienone is 2. The number of aromatic nitrogens is 1. The van der Waals surface area contributed by atoms with Gasteiger partial charge in [-0.25, -0.2) is 9.78 Å². The third kappa shape index (κ3) is 12.8. The van der Waals surface area contributed by atoms with Crippen molar-refractivity contribution < 1.29 is 61.1 Å². The zero-order valence-electron chi connectivity index (χ0n) is 36.2. The monoisotopic (exact) mass is 929 g/mol. The Morgan fingerprint density at radius 2 is 1.75 bits per heavy atom. The number of nitrogens with zero attached hydrogens (tertiary/aromatic N) is 3. The largest absolute Gasteiger partial charge is 0.508 e. The molecule has 1 aromatic heterocycles. The highest BCUT2D eigenvalue weighted by Gasteiger charge is 2.43. The van der Waals surface area contributed by atoms with Crippen LogP contribution < -0.4 is 20.7 Å². The van der Waals surface area contributed by atoms with Crippen LogP contribution in [0.5, 0.6) is 5.75 Å². The molecular formula is C42H55N7O13S2. The maximum absolute atomic E-state index is 14.5. The molecule has 7 atom stereocenters. The first-order valence-corrected chi connectivity index (χ1v) is 23.2. The van der Waals surface area contributed by atoms with Crippen molar-refractivity contribution in [3.05, 3.63) is 63.1 Å². The van der Waals surface area contributed by atoms with E-state index < -0.39 is 107 Å². The van der Waals surface area contributed by atoms with E-state index in [4.69, 9.17) is 14.5 Å². The van der Waals surface area contributed by atoms with Gasteiger partial charge in [-0.05, 0) is 87.3 Å². The van der Waals surface area contributed by atoms with Crippen LogP contribution in [-0.2, 0) is 59.8 Å².